The maximum atomic E-state index is 11.1. The summed E-state index contributed by atoms with van der Waals surface area (Å²) in [7, 11) is 0. The normalized spacial score (nSPS) is 10.2. The summed E-state index contributed by atoms with van der Waals surface area (Å²) < 4.78 is 6.45. The van der Waals surface area contributed by atoms with Gasteiger partial charge in [0.25, 0.3) is 0 Å². The van der Waals surface area contributed by atoms with E-state index in [1.54, 1.807) is 6.07 Å². The summed E-state index contributed by atoms with van der Waals surface area (Å²) in [6.07, 6.45) is 1.97. The Morgan fingerprint density at radius 3 is 2.75 bits per heavy atom. The molecule has 1 aromatic carbocycles. The molecule has 1 aromatic rings. The van der Waals surface area contributed by atoms with Gasteiger partial charge in [0.2, 0.25) is 0 Å². The van der Waals surface area contributed by atoms with Crippen molar-refractivity contribution in [2.75, 3.05) is 6.61 Å². The van der Waals surface area contributed by atoms with E-state index in [0.717, 1.165) is 22.0 Å². The van der Waals surface area contributed by atoms with E-state index < -0.39 is 5.97 Å². The summed E-state index contributed by atoms with van der Waals surface area (Å²) in [6, 6.07) is 3.56. The lowest BCUT2D eigenvalue weighted by Gasteiger charge is -2.12. The fourth-order valence-electron chi connectivity index (χ4n) is 1.40. The number of benzene rings is 1. The van der Waals surface area contributed by atoms with Crippen LogP contribution >= 0.6 is 22.6 Å². The maximum Gasteiger partial charge on any atom is 0.339 e. The van der Waals surface area contributed by atoms with Crippen LogP contribution in [-0.2, 0) is 0 Å². The molecular weight excluding hydrogens is 319 g/mol. The van der Waals surface area contributed by atoms with Gasteiger partial charge in [-0.3, -0.25) is 0 Å². The number of halogens is 1. The first kappa shape index (κ1) is 13.3. The molecule has 16 heavy (non-hydrogen) atoms. The summed E-state index contributed by atoms with van der Waals surface area (Å²) >= 11 is 2.11. The first-order chi connectivity index (χ1) is 7.56. The minimum atomic E-state index is -0.937. The van der Waals surface area contributed by atoms with Gasteiger partial charge >= 0.3 is 5.97 Å². The fraction of sp³-hybridized carbons (Fsp3) is 0.417. The number of hydrogen-bond acceptors (Lipinski definition) is 2. The first-order valence-corrected chi connectivity index (χ1v) is 6.30. The molecule has 0 saturated carbocycles. The van der Waals surface area contributed by atoms with Crippen molar-refractivity contribution in [2.24, 2.45) is 0 Å². The van der Waals surface area contributed by atoms with Crippen molar-refractivity contribution in [3.63, 3.8) is 0 Å². The highest BCUT2D eigenvalue weighted by Crippen LogP contribution is 2.26. The van der Waals surface area contributed by atoms with E-state index in [1.165, 1.54) is 0 Å². The van der Waals surface area contributed by atoms with Gasteiger partial charge < -0.3 is 9.84 Å². The Morgan fingerprint density at radius 2 is 2.19 bits per heavy atom. The molecule has 3 nitrogen and oxygen atoms in total. The van der Waals surface area contributed by atoms with Gasteiger partial charge in [-0.05, 0) is 53.6 Å². The molecule has 0 bridgehead atoms. The van der Waals surface area contributed by atoms with E-state index in [0.29, 0.717) is 12.4 Å². The van der Waals surface area contributed by atoms with Gasteiger partial charge in [0.15, 0.2) is 0 Å². The molecule has 0 spiro atoms. The second-order valence-corrected chi connectivity index (χ2v) is 4.85. The second kappa shape index (κ2) is 6.08. The molecular formula is C12H15IO3. The van der Waals surface area contributed by atoms with Crippen molar-refractivity contribution >= 4 is 28.6 Å². The Morgan fingerprint density at radius 1 is 1.50 bits per heavy atom. The molecule has 0 aliphatic rings. The van der Waals surface area contributed by atoms with E-state index in [2.05, 4.69) is 29.5 Å². The van der Waals surface area contributed by atoms with Crippen LogP contribution in [0.4, 0.5) is 0 Å². The van der Waals surface area contributed by atoms with E-state index in [9.17, 15) is 4.79 Å². The van der Waals surface area contributed by atoms with Gasteiger partial charge in [-0.2, -0.15) is 0 Å². The van der Waals surface area contributed by atoms with Gasteiger partial charge in [-0.15, -0.1) is 0 Å². The van der Waals surface area contributed by atoms with Crippen LogP contribution in [0.15, 0.2) is 12.1 Å². The standard InChI is InChI=1S/C12H15IO3/c1-3-4-5-16-11-8(2)6-9(13)7-10(11)12(14)15/h6-7H,3-5H2,1-2H3,(H,14,15). The Balaban J connectivity index is 2.99. The van der Waals surface area contributed by atoms with Crippen LogP contribution in [0.3, 0.4) is 0 Å². The highest BCUT2D eigenvalue weighted by molar-refractivity contribution is 14.1. The minimum absolute atomic E-state index is 0.250. The highest BCUT2D eigenvalue weighted by Gasteiger charge is 2.14. The third kappa shape index (κ3) is 3.37. The molecule has 0 aliphatic heterocycles. The largest absolute Gasteiger partial charge is 0.492 e. The minimum Gasteiger partial charge on any atom is -0.492 e. The molecule has 1 N–H and O–H groups in total. The van der Waals surface area contributed by atoms with Crippen LogP contribution in [0.25, 0.3) is 0 Å². The lowest BCUT2D eigenvalue weighted by atomic mass is 10.1. The fourth-order valence-corrected chi connectivity index (χ4v) is 2.18. The SMILES string of the molecule is CCCCOc1c(C)cc(I)cc1C(=O)O. The van der Waals surface area contributed by atoms with Gasteiger partial charge in [-0.25, -0.2) is 4.79 Å². The monoisotopic (exact) mass is 334 g/mol. The molecule has 0 aliphatic carbocycles. The molecule has 1 rings (SSSR count). The Kier molecular flexibility index (Phi) is 5.05. The van der Waals surface area contributed by atoms with E-state index >= 15 is 0 Å². The number of hydrogen-bond donors (Lipinski definition) is 1. The van der Waals surface area contributed by atoms with Crippen LogP contribution in [0.1, 0.15) is 35.7 Å². The number of rotatable bonds is 5. The molecule has 4 heteroatoms. The van der Waals surface area contributed by atoms with Crippen molar-refractivity contribution in [1.82, 2.24) is 0 Å². The number of unbranched alkanes of at least 4 members (excludes halogenated alkanes) is 1. The predicted octanol–water partition coefficient (Wildman–Crippen LogP) is 3.48. The first-order valence-electron chi connectivity index (χ1n) is 5.22. The van der Waals surface area contributed by atoms with Crippen molar-refractivity contribution in [3.05, 3.63) is 26.8 Å². The molecule has 0 radical (unpaired) electrons. The van der Waals surface area contributed by atoms with Crippen molar-refractivity contribution in [3.8, 4) is 5.75 Å². The average Bonchev–Trinajstić information content (AvgIpc) is 2.20. The van der Waals surface area contributed by atoms with Crippen LogP contribution in [0, 0.1) is 10.5 Å². The van der Waals surface area contributed by atoms with Crippen LogP contribution in [0.2, 0.25) is 0 Å². The predicted molar refractivity (Wildman–Crippen MR) is 71.3 cm³/mol. The van der Waals surface area contributed by atoms with Gasteiger partial charge in [0.05, 0.1) is 6.61 Å². The Labute approximate surface area is 109 Å². The number of ether oxygens (including phenoxy) is 1. The van der Waals surface area contributed by atoms with Gasteiger partial charge in [0.1, 0.15) is 11.3 Å². The maximum absolute atomic E-state index is 11.1. The molecule has 0 heterocycles. The van der Waals surface area contributed by atoms with E-state index in [4.69, 9.17) is 9.84 Å². The van der Waals surface area contributed by atoms with E-state index in [1.807, 2.05) is 13.0 Å². The number of carboxylic acids is 1. The van der Waals surface area contributed by atoms with Crippen LogP contribution in [-0.4, -0.2) is 17.7 Å². The van der Waals surface area contributed by atoms with E-state index in [-0.39, 0.29) is 5.56 Å². The Hall–Kier alpha value is -0.780. The van der Waals surface area contributed by atoms with Crippen LogP contribution < -0.4 is 4.74 Å². The molecule has 0 atom stereocenters. The molecule has 0 fully saturated rings. The van der Waals surface area contributed by atoms with Gasteiger partial charge in [0, 0.05) is 3.57 Å². The average molecular weight is 334 g/mol. The summed E-state index contributed by atoms with van der Waals surface area (Å²) in [5, 5.41) is 9.09. The number of carboxylic acid groups (broad SMARTS) is 1. The number of aryl methyl sites for hydroxylation is 1. The van der Waals surface area contributed by atoms with Crippen molar-refractivity contribution in [1.29, 1.82) is 0 Å². The molecule has 0 amide bonds. The highest BCUT2D eigenvalue weighted by atomic mass is 127. The zero-order chi connectivity index (χ0) is 12.1. The third-order valence-corrected chi connectivity index (χ3v) is 2.84. The molecule has 0 saturated heterocycles. The molecule has 0 unspecified atom stereocenters. The van der Waals surface area contributed by atoms with Gasteiger partial charge in [-0.1, -0.05) is 13.3 Å². The summed E-state index contributed by atoms with van der Waals surface area (Å²) in [4.78, 5) is 11.1. The number of aromatic carboxylic acids is 1. The zero-order valence-electron chi connectivity index (χ0n) is 9.42. The van der Waals surface area contributed by atoms with Crippen molar-refractivity contribution < 1.29 is 14.6 Å². The summed E-state index contributed by atoms with van der Waals surface area (Å²) in [6.45, 7) is 4.51. The molecule has 0 aromatic heterocycles. The topological polar surface area (TPSA) is 46.5 Å². The van der Waals surface area contributed by atoms with Crippen molar-refractivity contribution in [2.45, 2.75) is 26.7 Å². The van der Waals surface area contributed by atoms with Crippen LogP contribution in [0.5, 0.6) is 5.75 Å². The molecule has 88 valence electrons. The smallest absolute Gasteiger partial charge is 0.339 e. The number of carbonyl (C=O) groups is 1. The third-order valence-electron chi connectivity index (χ3n) is 2.21. The summed E-state index contributed by atoms with van der Waals surface area (Å²) in [5.74, 6) is -0.436. The lowest BCUT2D eigenvalue weighted by Crippen LogP contribution is -2.06. The quantitative estimate of drug-likeness (QED) is 0.662. The Bertz CT molecular complexity index is 388. The zero-order valence-corrected chi connectivity index (χ0v) is 11.6. The summed E-state index contributed by atoms with van der Waals surface area (Å²) in [5.41, 5.74) is 1.13. The second-order valence-electron chi connectivity index (χ2n) is 3.61. The lowest BCUT2D eigenvalue weighted by molar-refractivity contribution is 0.0692.